The van der Waals surface area contributed by atoms with E-state index in [1.165, 1.54) is 27.7 Å². The maximum absolute atomic E-state index is 12.0. The molecule has 0 saturated heterocycles. The van der Waals surface area contributed by atoms with E-state index in [0.717, 1.165) is 11.1 Å². The molecule has 1 heterocycles. The van der Waals surface area contributed by atoms with E-state index in [1.54, 1.807) is 30.5 Å². The van der Waals surface area contributed by atoms with E-state index < -0.39 is 17.0 Å². The molecule has 5 nitrogen and oxygen atoms in total. The molecule has 0 unspecified atom stereocenters. The van der Waals surface area contributed by atoms with Crippen molar-refractivity contribution in [2.45, 2.75) is 45.3 Å². The Morgan fingerprint density at radius 3 is 1.80 bits per heavy atom. The lowest BCUT2D eigenvalue weighted by molar-refractivity contribution is 0.0482. The molecular weight excluding hydrogens is 318 g/mol. The van der Waals surface area contributed by atoms with Gasteiger partial charge in [0.05, 0.1) is 0 Å². The second kappa shape index (κ2) is 6.86. The Labute approximate surface area is 147 Å². The van der Waals surface area contributed by atoms with Gasteiger partial charge in [-0.05, 0) is 51.3 Å². The number of carbonyl (C=O) groups is 2. The summed E-state index contributed by atoms with van der Waals surface area (Å²) in [7, 11) is 0. The summed E-state index contributed by atoms with van der Waals surface area (Å²) in [6.07, 6.45) is 2.20. The summed E-state index contributed by atoms with van der Waals surface area (Å²) in [4.78, 5) is 28.1. The summed E-state index contributed by atoms with van der Waals surface area (Å²) in [6, 6.07) is 10.4. The number of aromatic nitrogens is 1. The maximum Gasteiger partial charge on any atom is 0.212 e. The minimum absolute atomic E-state index is 0.224. The van der Waals surface area contributed by atoms with Gasteiger partial charge in [-0.1, -0.05) is 30.3 Å². The molecule has 2 aromatic rings. The standard InChI is InChI=1S/C20H23NO4/c1-19(2,24)17(22)15-8-5-13(6-9-15)11-14-7-10-16(21-12-14)18(23)20(3,4)25/h5-10,12,24-25H,11H2,1-4H3. The Hall–Kier alpha value is -2.37. The van der Waals surface area contributed by atoms with Crippen LogP contribution in [0.5, 0.6) is 0 Å². The normalized spacial score (nSPS) is 12.1. The van der Waals surface area contributed by atoms with Gasteiger partial charge in [0.25, 0.3) is 0 Å². The molecule has 2 N–H and O–H groups in total. The molecule has 0 aliphatic carbocycles. The van der Waals surface area contributed by atoms with Gasteiger partial charge in [-0.25, -0.2) is 0 Å². The van der Waals surface area contributed by atoms with Crippen LogP contribution in [0.3, 0.4) is 0 Å². The average molecular weight is 341 g/mol. The van der Waals surface area contributed by atoms with E-state index in [1.807, 2.05) is 12.1 Å². The molecule has 5 heteroatoms. The van der Waals surface area contributed by atoms with Crippen LogP contribution in [-0.4, -0.2) is 38.0 Å². The van der Waals surface area contributed by atoms with Gasteiger partial charge in [-0.15, -0.1) is 0 Å². The fourth-order valence-corrected chi connectivity index (χ4v) is 2.34. The zero-order chi connectivity index (χ0) is 18.8. The summed E-state index contributed by atoms with van der Waals surface area (Å²) in [5.41, 5.74) is -0.265. The first kappa shape index (κ1) is 19.0. The van der Waals surface area contributed by atoms with Crippen LogP contribution in [0.1, 0.15) is 59.7 Å². The van der Waals surface area contributed by atoms with Crippen LogP contribution in [0.15, 0.2) is 42.6 Å². The largest absolute Gasteiger partial charge is 0.382 e. The molecule has 1 aromatic carbocycles. The SMILES string of the molecule is CC(C)(O)C(=O)c1ccc(Cc2ccc(C(=O)C(C)(C)O)nc2)cc1. The third-order valence-electron chi connectivity index (χ3n) is 3.79. The average Bonchev–Trinajstić information content (AvgIpc) is 2.53. The van der Waals surface area contributed by atoms with Gasteiger partial charge in [-0.2, -0.15) is 0 Å². The smallest absolute Gasteiger partial charge is 0.212 e. The Balaban J connectivity index is 2.10. The van der Waals surface area contributed by atoms with Gasteiger partial charge >= 0.3 is 0 Å². The monoisotopic (exact) mass is 341 g/mol. The number of benzene rings is 1. The number of carbonyl (C=O) groups excluding carboxylic acids is 2. The van der Waals surface area contributed by atoms with E-state index in [9.17, 15) is 19.8 Å². The first-order valence-corrected chi connectivity index (χ1v) is 8.07. The maximum atomic E-state index is 12.0. The molecule has 0 bridgehead atoms. The minimum atomic E-state index is -1.45. The number of aliphatic hydroxyl groups is 2. The van der Waals surface area contributed by atoms with Crippen LogP contribution < -0.4 is 0 Å². The number of Topliss-reactive ketones (excluding diaryl/α,β-unsaturated/α-hetero) is 2. The molecule has 0 saturated carbocycles. The van der Waals surface area contributed by atoms with Crippen LogP contribution in [0.25, 0.3) is 0 Å². The van der Waals surface area contributed by atoms with Crippen molar-refractivity contribution in [3.8, 4) is 0 Å². The summed E-state index contributed by atoms with van der Waals surface area (Å²) in [5, 5.41) is 19.5. The highest BCUT2D eigenvalue weighted by molar-refractivity contribution is 6.01. The molecule has 0 aliphatic rings. The molecule has 0 spiro atoms. The molecule has 2 rings (SSSR count). The molecule has 0 fully saturated rings. The van der Waals surface area contributed by atoms with E-state index in [4.69, 9.17) is 0 Å². The summed E-state index contributed by atoms with van der Waals surface area (Å²) in [6.45, 7) is 5.79. The summed E-state index contributed by atoms with van der Waals surface area (Å²) < 4.78 is 0. The Kier molecular flexibility index (Phi) is 5.20. The minimum Gasteiger partial charge on any atom is -0.382 e. The van der Waals surface area contributed by atoms with Crippen LogP contribution in [-0.2, 0) is 6.42 Å². The summed E-state index contributed by atoms with van der Waals surface area (Å²) in [5.74, 6) is -0.747. The van der Waals surface area contributed by atoms with Crippen molar-refractivity contribution < 1.29 is 19.8 Å². The van der Waals surface area contributed by atoms with Gasteiger partial charge in [0.15, 0.2) is 5.78 Å². The lowest BCUT2D eigenvalue weighted by atomic mass is 9.95. The molecule has 0 amide bonds. The molecule has 0 radical (unpaired) electrons. The highest BCUT2D eigenvalue weighted by Crippen LogP contribution is 2.16. The molecule has 1 aromatic heterocycles. The Bertz CT molecular complexity index is 696. The van der Waals surface area contributed by atoms with Crippen LogP contribution in [0.4, 0.5) is 0 Å². The van der Waals surface area contributed by atoms with Gasteiger partial charge in [0.1, 0.15) is 16.9 Å². The lowest BCUT2D eigenvalue weighted by Crippen LogP contribution is -2.31. The van der Waals surface area contributed by atoms with Crippen molar-refractivity contribution in [1.29, 1.82) is 0 Å². The molecule has 0 atom stereocenters. The zero-order valence-electron chi connectivity index (χ0n) is 14.9. The third kappa shape index (κ3) is 4.81. The molecule has 25 heavy (non-hydrogen) atoms. The van der Waals surface area contributed by atoms with Crippen LogP contribution >= 0.6 is 0 Å². The van der Waals surface area contributed by atoms with Crippen molar-refractivity contribution in [1.82, 2.24) is 4.98 Å². The van der Waals surface area contributed by atoms with Crippen LogP contribution in [0.2, 0.25) is 0 Å². The van der Waals surface area contributed by atoms with Gasteiger partial charge in [0.2, 0.25) is 5.78 Å². The highest BCUT2D eigenvalue weighted by atomic mass is 16.3. The molecular formula is C20H23NO4. The van der Waals surface area contributed by atoms with E-state index >= 15 is 0 Å². The van der Waals surface area contributed by atoms with Crippen molar-refractivity contribution in [3.05, 3.63) is 65.0 Å². The van der Waals surface area contributed by atoms with E-state index in [0.29, 0.717) is 12.0 Å². The topological polar surface area (TPSA) is 87.5 Å². The predicted molar refractivity (Wildman–Crippen MR) is 94.7 cm³/mol. The van der Waals surface area contributed by atoms with Crippen molar-refractivity contribution in [3.63, 3.8) is 0 Å². The second-order valence-corrected chi connectivity index (χ2v) is 7.20. The lowest BCUT2D eigenvalue weighted by Gasteiger charge is -2.15. The molecule has 132 valence electrons. The van der Waals surface area contributed by atoms with Gasteiger partial charge in [0, 0.05) is 11.8 Å². The second-order valence-electron chi connectivity index (χ2n) is 7.20. The number of rotatable bonds is 6. The molecule has 0 aliphatic heterocycles. The van der Waals surface area contributed by atoms with Crippen molar-refractivity contribution >= 4 is 11.6 Å². The quantitative estimate of drug-likeness (QED) is 0.789. The van der Waals surface area contributed by atoms with E-state index in [-0.39, 0.29) is 11.5 Å². The zero-order valence-corrected chi connectivity index (χ0v) is 14.9. The fourth-order valence-electron chi connectivity index (χ4n) is 2.34. The number of nitrogens with zero attached hydrogens (tertiary/aromatic N) is 1. The van der Waals surface area contributed by atoms with Crippen molar-refractivity contribution in [2.24, 2.45) is 0 Å². The Morgan fingerprint density at radius 2 is 1.36 bits per heavy atom. The predicted octanol–water partition coefficient (Wildman–Crippen LogP) is 2.58. The number of hydrogen-bond donors (Lipinski definition) is 2. The van der Waals surface area contributed by atoms with Gasteiger partial charge < -0.3 is 10.2 Å². The highest BCUT2D eigenvalue weighted by Gasteiger charge is 2.26. The first-order chi connectivity index (χ1) is 11.5. The third-order valence-corrected chi connectivity index (χ3v) is 3.79. The number of hydrogen-bond acceptors (Lipinski definition) is 5. The van der Waals surface area contributed by atoms with Crippen molar-refractivity contribution in [2.75, 3.05) is 0 Å². The van der Waals surface area contributed by atoms with E-state index in [2.05, 4.69) is 4.98 Å². The van der Waals surface area contributed by atoms with Crippen LogP contribution in [0, 0.1) is 0 Å². The number of ketones is 2. The summed E-state index contributed by atoms with van der Waals surface area (Å²) >= 11 is 0. The first-order valence-electron chi connectivity index (χ1n) is 8.07. The Morgan fingerprint density at radius 1 is 0.840 bits per heavy atom. The van der Waals surface area contributed by atoms with Gasteiger partial charge in [-0.3, -0.25) is 14.6 Å². The number of pyridine rings is 1. The fraction of sp³-hybridized carbons (Fsp3) is 0.350.